The highest BCUT2D eigenvalue weighted by molar-refractivity contribution is 7.10. The predicted molar refractivity (Wildman–Crippen MR) is 83.9 cm³/mol. The van der Waals surface area contributed by atoms with Gasteiger partial charge in [-0.25, -0.2) is 0 Å². The minimum Gasteiger partial charge on any atom is -0.382 e. The van der Waals surface area contributed by atoms with Gasteiger partial charge in [0, 0.05) is 36.7 Å². The molecular weight excluding hydrogens is 256 g/mol. The first kappa shape index (κ1) is 16.6. The topological polar surface area (TPSA) is 24.5 Å². The Kier molecular flexibility index (Phi) is 8.30. The smallest absolute Gasteiger partial charge is 0.0477 e. The number of nitrogens with one attached hydrogen (secondary N) is 1. The van der Waals surface area contributed by atoms with Gasteiger partial charge in [-0.15, -0.1) is 11.3 Å². The Morgan fingerprint density at radius 3 is 2.84 bits per heavy atom. The van der Waals surface area contributed by atoms with E-state index in [0.717, 1.165) is 32.7 Å². The van der Waals surface area contributed by atoms with E-state index in [1.165, 1.54) is 4.88 Å². The Labute approximate surface area is 122 Å². The molecule has 0 aliphatic carbocycles. The van der Waals surface area contributed by atoms with Crippen LogP contribution >= 0.6 is 11.3 Å². The fourth-order valence-electron chi connectivity index (χ4n) is 2.01. The van der Waals surface area contributed by atoms with Crippen molar-refractivity contribution in [2.24, 2.45) is 0 Å². The van der Waals surface area contributed by atoms with Gasteiger partial charge in [0.1, 0.15) is 0 Å². The predicted octanol–water partition coefficient (Wildman–Crippen LogP) is 3.15. The fraction of sp³-hybridized carbons (Fsp3) is 0.733. The van der Waals surface area contributed by atoms with E-state index in [1.807, 2.05) is 18.3 Å². The van der Waals surface area contributed by atoms with Gasteiger partial charge in [0.15, 0.2) is 0 Å². The molecule has 0 fully saturated rings. The molecule has 0 aliphatic rings. The van der Waals surface area contributed by atoms with Gasteiger partial charge in [-0.1, -0.05) is 6.07 Å². The summed E-state index contributed by atoms with van der Waals surface area (Å²) in [7, 11) is 2.21. The lowest BCUT2D eigenvalue weighted by atomic mass is 10.2. The van der Waals surface area contributed by atoms with E-state index < -0.39 is 0 Å². The lowest BCUT2D eigenvalue weighted by Gasteiger charge is -2.30. The van der Waals surface area contributed by atoms with Crippen molar-refractivity contribution in [2.45, 2.75) is 39.3 Å². The Hall–Kier alpha value is -0.420. The summed E-state index contributed by atoms with van der Waals surface area (Å²) in [6.07, 6.45) is 1.09. The monoisotopic (exact) mass is 284 g/mol. The summed E-state index contributed by atoms with van der Waals surface area (Å²) in [5, 5.41) is 5.66. The number of hydrogen-bond acceptors (Lipinski definition) is 4. The second kappa shape index (κ2) is 9.48. The number of hydrogen-bond donors (Lipinski definition) is 1. The minimum absolute atomic E-state index is 0.486. The molecule has 0 amide bonds. The summed E-state index contributed by atoms with van der Waals surface area (Å²) < 4.78 is 5.33. The number of ether oxygens (including phenoxy) is 1. The quantitative estimate of drug-likeness (QED) is 0.668. The van der Waals surface area contributed by atoms with Crippen LogP contribution in [0.3, 0.4) is 0 Å². The van der Waals surface area contributed by atoms with Gasteiger partial charge in [-0.05, 0) is 52.2 Å². The van der Waals surface area contributed by atoms with Gasteiger partial charge in [0.05, 0.1) is 0 Å². The summed E-state index contributed by atoms with van der Waals surface area (Å²) in [6, 6.07) is 5.36. The molecule has 0 saturated heterocycles. The van der Waals surface area contributed by atoms with Crippen molar-refractivity contribution in [1.29, 1.82) is 0 Å². The van der Waals surface area contributed by atoms with Crippen LogP contribution in [-0.2, 0) is 4.74 Å². The average Bonchev–Trinajstić information content (AvgIpc) is 2.94. The Morgan fingerprint density at radius 1 is 1.42 bits per heavy atom. The zero-order valence-corrected chi connectivity index (χ0v) is 13.5. The van der Waals surface area contributed by atoms with E-state index in [-0.39, 0.29) is 0 Å². The van der Waals surface area contributed by atoms with Crippen LogP contribution < -0.4 is 5.32 Å². The van der Waals surface area contributed by atoms with Crippen LogP contribution in [-0.4, -0.2) is 44.3 Å². The molecule has 0 aromatic carbocycles. The maximum Gasteiger partial charge on any atom is 0.0477 e. The van der Waals surface area contributed by atoms with Crippen molar-refractivity contribution in [3.05, 3.63) is 22.4 Å². The van der Waals surface area contributed by atoms with Crippen LogP contribution in [0.25, 0.3) is 0 Å². The molecule has 1 rings (SSSR count). The molecule has 0 bridgehead atoms. The molecule has 1 N–H and O–H groups in total. The van der Waals surface area contributed by atoms with Crippen LogP contribution in [0.2, 0.25) is 0 Å². The highest BCUT2D eigenvalue weighted by atomic mass is 32.1. The summed E-state index contributed by atoms with van der Waals surface area (Å²) in [5.41, 5.74) is 0. The highest BCUT2D eigenvalue weighted by Crippen LogP contribution is 2.24. The van der Waals surface area contributed by atoms with Crippen LogP contribution in [0.4, 0.5) is 0 Å². The second-order valence-corrected chi connectivity index (χ2v) is 5.94. The molecule has 4 heteroatoms. The van der Waals surface area contributed by atoms with E-state index in [4.69, 9.17) is 4.74 Å². The van der Waals surface area contributed by atoms with Gasteiger partial charge >= 0.3 is 0 Å². The van der Waals surface area contributed by atoms with E-state index in [0.29, 0.717) is 12.1 Å². The van der Waals surface area contributed by atoms with Crippen LogP contribution in [0.1, 0.15) is 38.1 Å². The Balaban J connectivity index is 2.19. The van der Waals surface area contributed by atoms with Crippen LogP contribution in [0.5, 0.6) is 0 Å². The first-order valence-corrected chi connectivity index (χ1v) is 8.08. The molecule has 1 aromatic heterocycles. The third-order valence-electron chi connectivity index (χ3n) is 3.55. The maximum absolute atomic E-state index is 5.33. The summed E-state index contributed by atoms with van der Waals surface area (Å²) in [6.45, 7) is 10.3. The van der Waals surface area contributed by atoms with Crippen LogP contribution in [0, 0.1) is 0 Å². The zero-order valence-electron chi connectivity index (χ0n) is 12.7. The normalized spacial score (nSPS) is 14.8. The van der Waals surface area contributed by atoms with E-state index in [9.17, 15) is 0 Å². The largest absolute Gasteiger partial charge is 0.382 e. The highest BCUT2D eigenvalue weighted by Gasteiger charge is 2.17. The molecular formula is C15H28N2OS. The van der Waals surface area contributed by atoms with Gasteiger partial charge in [0.2, 0.25) is 0 Å². The van der Waals surface area contributed by atoms with Crippen LogP contribution in [0.15, 0.2) is 17.5 Å². The van der Waals surface area contributed by atoms with Gasteiger partial charge in [0.25, 0.3) is 0 Å². The Morgan fingerprint density at radius 2 is 2.21 bits per heavy atom. The van der Waals surface area contributed by atoms with E-state index in [2.05, 4.69) is 48.6 Å². The number of thiophene rings is 1. The molecule has 19 heavy (non-hydrogen) atoms. The Bertz CT molecular complexity index is 316. The van der Waals surface area contributed by atoms with Crippen molar-refractivity contribution >= 4 is 11.3 Å². The molecule has 0 spiro atoms. The van der Waals surface area contributed by atoms with Crippen molar-refractivity contribution in [2.75, 3.05) is 33.4 Å². The zero-order chi connectivity index (χ0) is 14.1. The molecule has 2 atom stereocenters. The second-order valence-electron chi connectivity index (χ2n) is 4.96. The lowest BCUT2D eigenvalue weighted by molar-refractivity contribution is 0.143. The standard InChI is InChI=1S/C15H28N2OS/c1-5-18-10-7-9-16-12-13(2)17(4)14(3)15-8-6-11-19-15/h6,8,11,13-14,16H,5,7,9-10,12H2,1-4H3. The first-order chi connectivity index (χ1) is 9.16. The first-order valence-electron chi connectivity index (χ1n) is 7.20. The van der Waals surface area contributed by atoms with Crippen molar-refractivity contribution < 1.29 is 4.74 Å². The van der Waals surface area contributed by atoms with Gasteiger partial charge in [-0.3, -0.25) is 4.90 Å². The molecule has 0 saturated carbocycles. The van der Waals surface area contributed by atoms with E-state index >= 15 is 0 Å². The molecule has 1 heterocycles. The summed E-state index contributed by atoms with van der Waals surface area (Å²) in [5.74, 6) is 0. The molecule has 3 nitrogen and oxygen atoms in total. The minimum atomic E-state index is 0.486. The molecule has 0 aliphatic heterocycles. The molecule has 1 aromatic rings. The maximum atomic E-state index is 5.33. The van der Waals surface area contributed by atoms with Crippen molar-refractivity contribution in [3.8, 4) is 0 Å². The number of nitrogens with zero attached hydrogens (tertiary/aromatic N) is 1. The summed E-state index contributed by atoms with van der Waals surface area (Å²) >= 11 is 1.84. The molecule has 2 unspecified atom stereocenters. The van der Waals surface area contributed by atoms with Crippen molar-refractivity contribution in [1.82, 2.24) is 10.2 Å². The lowest BCUT2D eigenvalue weighted by Crippen LogP contribution is -2.39. The number of rotatable bonds is 10. The fourth-order valence-corrected chi connectivity index (χ4v) is 2.84. The third-order valence-corrected chi connectivity index (χ3v) is 4.59. The van der Waals surface area contributed by atoms with Gasteiger partial charge in [-0.2, -0.15) is 0 Å². The SMILES string of the molecule is CCOCCCNCC(C)N(C)C(C)c1cccs1. The summed E-state index contributed by atoms with van der Waals surface area (Å²) in [4.78, 5) is 3.87. The molecule has 110 valence electrons. The van der Waals surface area contributed by atoms with Gasteiger partial charge < -0.3 is 10.1 Å². The van der Waals surface area contributed by atoms with Crippen molar-refractivity contribution in [3.63, 3.8) is 0 Å². The number of likely N-dealkylation sites (N-methyl/N-ethyl adjacent to an activating group) is 1. The third kappa shape index (κ3) is 6.04. The van der Waals surface area contributed by atoms with E-state index in [1.54, 1.807) is 0 Å². The molecule has 0 radical (unpaired) electrons. The average molecular weight is 284 g/mol.